The fraction of sp³-hybridized carbons (Fsp3) is 0.241. The second-order valence-electron chi connectivity index (χ2n) is 9.23. The summed E-state index contributed by atoms with van der Waals surface area (Å²) in [6.45, 7) is 5.81. The summed E-state index contributed by atoms with van der Waals surface area (Å²) in [4.78, 5) is 13.0. The van der Waals surface area contributed by atoms with E-state index >= 15 is 0 Å². The van der Waals surface area contributed by atoms with Gasteiger partial charge in [-0.2, -0.15) is 5.26 Å². The molecular formula is C29H29N5O2. The van der Waals surface area contributed by atoms with Crippen LogP contribution in [-0.4, -0.2) is 22.1 Å². The topological polar surface area (TPSA) is 118 Å². The third kappa shape index (κ3) is 5.51. The van der Waals surface area contributed by atoms with E-state index in [0.717, 1.165) is 12.0 Å². The SMILES string of the molecule is CCC(C)NC(=O)c1cc(-c2nnc([C@@](C)(N)Cc3ccccc3)o2)cc(-c2ccccc2C#N)c1. The van der Waals surface area contributed by atoms with Crippen molar-refractivity contribution in [1.29, 1.82) is 5.26 Å². The van der Waals surface area contributed by atoms with Crippen molar-refractivity contribution < 1.29 is 9.21 Å². The molecule has 1 amide bonds. The highest BCUT2D eigenvalue weighted by atomic mass is 16.4. The Kier molecular flexibility index (Phi) is 7.28. The molecule has 36 heavy (non-hydrogen) atoms. The molecule has 1 aromatic heterocycles. The molecule has 0 spiro atoms. The Bertz CT molecular complexity index is 1400. The van der Waals surface area contributed by atoms with Crippen LogP contribution >= 0.6 is 0 Å². The Hall–Kier alpha value is -4.28. The maximum Gasteiger partial charge on any atom is 0.251 e. The third-order valence-electron chi connectivity index (χ3n) is 6.12. The summed E-state index contributed by atoms with van der Waals surface area (Å²) < 4.78 is 6.05. The normalized spacial score (nSPS) is 13.4. The molecule has 1 heterocycles. The number of aromatic nitrogens is 2. The second kappa shape index (κ2) is 10.5. The van der Waals surface area contributed by atoms with Crippen LogP contribution in [0.25, 0.3) is 22.6 Å². The van der Waals surface area contributed by atoms with E-state index in [1.807, 2.05) is 75.4 Å². The molecule has 4 rings (SSSR count). The van der Waals surface area contributed by atoms with Gasteiger partial charge in [-0.1, -0.05) is 55.5 Å². The van der Waals surface area contributed by atoms with Crippen LogP contribution in [0.3, 0.4) is 0 Å². The van der Waals surface area contributed by atoms with Gasteiger partial charge in [0.1, 0.15) is 0 Å². The van der Waals surface area contributed by atoms with Gasteiger partial charge in [0.05, 0.1) is 17.2 Å². The Morgan fingerprint density at radius 2 is 1.78 bits per heavy atom. The molecule has 2 atom stereocenters. The molecule has 0 aliphatic rings. The van der Waals surface area contributed by atoms with Gasteiger partial charge in [0.2, 0.25) is 11.8 Å². The molecule has 3 N–H and O–H groups in total. The molecule has 0 fully saturated rings. The zero-order valence-electron chi connectivity index (χ0n) is 20.7. The van der Waals surface area contributed by atoms with Gasteiger partial charge >= 0.3 is 0 Å². The predicted octanol–water partition coefficient (Wildman–Crippen LogP) is 5.22. The number of carbonyl (C=O) groups is 1. The molecule has 0 bridgehead atoms. The molecule has 1 unspecified atom stereocenters. The monoisotopic (exact) mass is 479 g/mol. The van der Waals surface area contributed by atoms with Crippen LogP contribution in [0.4, 0.5) is 0 Å². The summed E-state index contributed by atoms with van der Waals surface area (Å²) in [5.74, 6) is 0.341. The molecule has 182 valence electrons. The van der Waals surface area contributed by atoms with Crippen molar-refractivity contribution in [3.63, 3.8) is 0 Å². The van der Waals surface area contributed by atoms with Crippen LogP contribution in [0, 0.1) is 11.3 Å². The number of rotatable bonds is 8. The van der Waals surface area contributed by atoms with E-state index in [2.05, 4.69) is 21.6 Å². The first-order chi connectivity index (χ1) is 17.3. The minimum Gasteiger partial charge on any atom is -0.419 e. The quantitative estimate of drug-likeness (QED) is 0.358. The standard InChI is InChI=1S/C29H29N5O2/c1-4-19(2)32-26(35)23-14-22(25-13-9-8-12-21(25)18-30)15-24(16-23)27-33-34-28(36-27)29(3,31)17-20-10-6-5-7-11-20/h5-16,19H,4,17,31H2,1-3H3,(H,32,35)/t19?,29-/m0/s1. The lowest BCUT2D eigenvalue weighted by Gasteiger charge is -2.20. The van der Waals surface area contributed by atoms with E-state index in [9.17, 15) is 10.1 Å². The van der Waals surface area contributed by atoms with E-state index in [0.29, 0.717) is 40.1 Å². The fourth-order valence-corrected chi connectivity index (χ4v) is 3.95. The van der Waals surface area contributed by atoms with Gasteiger partial charge < -0.3 is 15.5 Å². The van der Waals surface area contributed by atoms with Gasteiger partial charge in [0, 0.05) is 17.2 Å². The maximum absolute atomic E-state index is 13.0. The zero-order valence-corrected chi connectivity index (χ0v) is 20.7. The van der Waals surface area contributed by atoms with Crippen molar-refractivity contribution in [2.45, 2.75) is 45.2 Å². The predicted molar refractivity (Wildman–Crippen MR) is 139 cm³/mol. The molecule has 3 aromatic carbocycles. The first-order valence-corrected chi connectivity index (χ1v) is 11.9. The highest BCUT2D eigenvalue weighted by Crippen LogP contribution is 2.31. The Morgan fingerprint density at radius 1 is 1.08 bits per heavy atom. The van der Waals surface area contributed by atoms with E-state index in [1.165, 1.54) is 0 Å². The molecule has 0 saturated heterocycles. The first kappa shape index (κ1) is 24.8. The van der Waals surface area contributed by atoms with Crippen LogP contribution in [0.2, 0.25) is 0 Å². The summed E-state index contributed by atoms with van der Waals surface area (Å²) in [5.41, 5.74) is 9.69. The molecule has 7 nitrogen and oxygen atoms in total. The minimum absolute atomic E-state index is 0.0157. The van der Waals surface area contributed by atoms with Crippen LogP contribution in [-0.2, 0) is 12.0 Å². The molecule has 0 saturated carbocycles. The van der Waals surface area contributed by atoms with Gasteiger partial charge in [-0.15, -0.1) is 10.2 Å². The summed E-state index contributed by atoms with van der Waals surface area (Å²) in [6, 6.07) is 24.7. The fourth-order valence-electron chi connectivity index (χ4n) is 3.95. The maximum atomic E-state index is 13.0. The van der Waals surface area contributed by atoms with Crippen LogP contribution < -0.4 is 11.1 Å². The van der Waals surface area contributed by atoms with Gasteiger partial charge in [-0.3, -0.25) is 4.79 Å². The molecule has 7 heteroatoms. The number of benzene rings is 3. The van der Waals surface area contributed by atoms with Crippen LogP contribution in [0.1, 0.15) is 54.6 Å². The molecule has 4 aromatic rings. The average Bonchev–Trinajstić information content (AvgIpc) is 3.40. The Balaban J connectivity index is 1.75. The van der Waals surface area contributed by atoms with Crippen molar-refractivity contribution in [3.05, 3.63) is 95.4 Å². The van der Waals surface area contributed by atoms with E-state index in [1.54, 1.807) is 18.2 Å². The minimum atomic E-state index is -0.881. The number of hydrogen-bond acceptors (Lipinski definition) is 6. The summed E-state index contributed by atoms with van der Waals surface area (Å²) in [7, 11) is 0. The first-order valence-electron chi connectivity index (χ1n) is 11.9. The number of carbonyl (C=O) groups excluding carboxylic acids is 1. The van der Waals surface area contributed by atoms with Crippen LogP contribution in [0.5, 0.6) is 0 Å². The number of nitrogens with two attached hydrogens (primary N) is 1. The number of nitrogens with one attached hydrogen (secondary N) is 1. The lowest BCUT2D eigenvalue weighted by atomic mass is 9.94. The van der Waals surface area contributed by atoms with Crippen molar-refractivity contribution in [1.82, 2.24) is 15.5 Å². The molecule has 0 radical (unpaired) electrons. The molecule has 0 aliphatic carbocycles. The zero-order chi connectivity index (χ0) is 25.7. The lowest BCUT2D eigenvalue weighted by Crippen LogP contribution is -2.35. The van der Waals surface area contributed by atoms with Crippen molar-refractivity contribution in [2.75, 3.05) is 0 Å². The molecular weight excluding hydrogens is 450 g/mol. The summed E-state index contributed by atoms with van der Waals surface area (Å²) in [6.07, 6.45) is 1.33. The van der Waals surface area contributed by atoms with Crippen molar-refractivity contribution in [3.8, 4) is 28.7 Å². The third-order valence-corrected chi connectivity index (χ3v) is 6.12. The van der Waals surface area contributed by atoms with Gasteiger partial charge in [-0.05, 0) is 67.6 Å². The van der Waals surface area contributed by atoms with Crippen LogP contribution in [0.15, 0.2) is 77.2 Å². The number of nitriles is 1. The number of hydrogen-bond donors (Lipinski definition) is 2. The smallest absolute Gasteiger partial charge is 0.251 e. The van der Waals surface area contributed by atoms with E-state index in [-0.39, 0.29) is 17.8 Å². The molecule has 0 aliphatic heterocycles. The lowest BCUT2D eigenvalue weighted by molar-refractivity contribution is 0.0939. The summed E-state index contributed by atoms with van der Waals surface area (Å²) >= 11 is 0. The largest absolute Gasteiger partial charge is 0.419 e. The number of amides is 1. The average molecular weight is 480 g/mol. The Labute approximate surface area is 211 Å². The summed E-state index contributed by atoms with van der Waals surface area (Å²) in [5, 5.41) is 21.1. The van der Waals surface area contributed by atoms with Crippen molar-refractivity contribution >= 4 is 5.91 Å². The number of nitrogens with zero attached hydrogens (tertiary/aromatic N) is 3. The van der Waals surface area contributed by atoms with E-state index in [4.69, 9.17) is 10.2 Å². The second-order valence-corrected chi connectivity index (χ2v) is 9.23. The van der Waals surface area contributed by atoms with Crippen molar-refractivity contribution in [2.24, 2.45) is 5.73 Å². The van der Waals surface area contributed by atoms with Gasteiger partial charge in [-0.25, -0.2) is 0 Å². The van der Waals surface area contributed by atoms with E-state index < -0.39 is 5.54 Å². The Morgan fingerprint density at radius 3 is 2.50 bits per heavy atom. The highest BCUT2D eigenvalue weighted by molar-refractivity contribution is 5.97. The highest BCUT2D eigenvalue weighted by Gasteiger charge is 2.29. The van der Waals surface area contributed by atoms with Gasteiger partial charge in [0.15, 0.2) is 0 Å². The van der Waals surface area contributed by atoms with Gasteiger partial charge in [0.25, 0.3) is 5.91 Å².